The van der Waals surface area contributed by atoms with Crippen molar-refractivity contribution in [2.24, 2.45) is 0 Å². The molecule has 47 heavy (non-hydrogen) atoms. The lowest BCUT2D eigenvalue weighted by Gasteiger charge is -2.15. The zero-order chi connectivity index (χ0) is 31.6. The first-order valence-electron chi connectivity index (χ1n) is 16.2. The van der Waals surface area contributed by atoms with E-state index in [1.54, 1.807) is 0 Å². The third-order valence-corrected chi connectivity index (χ3v) is 8.93. The molecule has 0 fully saturated rings. The van der Waals surface area contributed by atoms with Crippen molar-refractivity contribution >= 4 is 6.08 Å². The highest BCUT2D eigenvalue weighted by Crippen LogP contribution is 2.36. The predicted octanol–water partition coefficient (Wildman–Crippen LogP) is 11.1. The van der Waals surface area contributed by atoms with E-state index < -0.39 is 0 Å². The van der Waals surface area contributed by atoms with Gasteiger partial charge in [0.15, 0.2) is 5.82 Å². The van der Waals surface area contributed by atoms with Crippen LogP contribution in [0, 0.1) is 6.92 Å². The van der Waals surface area contributed by atoms with Crippen molar-refractivity contribution in [1.82, 2.24) is 15.0 Å². The molecule has 1 aliphatic carbocycles. The fraction of sp³-hybridized carbons (Fsp3) is 0.0682. The summed E-state index contributed by atoms with van der Waals surface area (Å²) in [6.07, 6.45) is 8.55. The Kier molecular flexibility index (Phi) is 7.56. The highest BCUT2D eigenvalue weighted by molar-refractivity contribution is 5.83. The zero-order valence-electron chi connectivity index (χ0n) is 26.3. The molecule has 7 aromatic rings. The van der Waals surface area contributed by atoms with Crippen LogP contribution in [0.15, 0.2) is 152 Å². The van der Waals surface area contributed by atoms with Crippen LogP contribution in [0.4, 0.5) is 0 Å². The van der Waals surface area contributed by atoms with Crippen LogP contribution in [-0.4, -0.2) is 15.0 Å². The van der Waals surface area contributed by atoms with Gasteiger partial charge in [0.1, 0.15) is 0 Å². The number of aryl methyl sites for hydroxylation is 2. The summed E-state index contributed by atoms with van der Waals surface area (Å²) in [4.78, 5) is 14.9. The van der Waals surface area contributed by atoms with Crippen LogP contribution in [0.2, 0.25) is 0 Å². The second-order valence-electron chi connectivity index (χ2n) is 12.1. The number of pyridine rings is 1. The van der Waals surface area contributed by atoms with Gasteiger partial charge in [-0.15, -0.1) is 0 Å². The molecule has 3 nitrogen and oxygen atoms in total. The van der Waals surface area contributed by atoms with E-state index >= 15 is 0 Å². The Morgan fingerprint density at radius 3 is 1.81 bits per heavy atom. The fourth-order valence-electron chi connectivity index (χ4n) is 6.44. The molecule has 0 bridgehead atoms. The normalized spacial score (nSPS) is 12.1. The van der Waals surface area contributed by atoms with E-state index in [4.69, 9.17) is 9.97 Å². The molecule has 1 aliphatic rings. The molecule has 8 rings (SSSR count). The minimum absolute atomic E-state index is 0.699. The van der Waals surface area contributed by atoms with E-state index in [9.17, 15) is 0 Å². The molecule has 0 N–H and O–H groups in total. The SMILES string of the molecule is Cc1ncccc1-c1cccc(-c2cc(-c3ccc4c(c3)C=CCC4)cc(-c3nc(-c4ccccc4)cc(-c4ccccc4)n3)c2)c1. The van der Waals surface area contributed by atoms with Crippen LogP contribution >= 0.6 is 0 Å². The Morgan fingerprint density at radius 2 is 1.11 bits per heavy atom. The van der Waals surface area contributed by atoms with Crippen LogP contribution in [0.25, 0.3) is 73.4 Å². The molecule has 3 heteroatoms. The summed E-state index contributed by atoms with van der Waals surface area (Å²) in [6.45, 7) is 2.06. The Balaban J connectivity index is 1.33. The van der Waals surface area contributed by atoms with E-state index in [0.717, 1.165) is 74.4 Å². The van der Waals surface area contributed by atoms with E-state index in [0.29, 0.717) is 5.82 Å². The van der Waals surface area contributed by atoms with Gasteiger partial charge in [0.05, 0.1) is 11.4 Å². The van der Waals surface area contributed by atoms with Crippen molar-refractivity contribution in [1.29, 1.82) is 0 Å². The minimum atomic E-state index is 0.699. The molecule has 0 saturated carbocycles. The third-order valence-electron chi connectivity index (χ3n) is 8.93. The topological polar surface area (TPSA) is 38.7 Å². The molecular weight excluding hydrogens is 571 g/mol. The largest absolute Gasteiger partial charge is 0.261 e. The summed E-state index contributed by atoms with van der Waals surface area (Å²) < 4.78 is 0. The monoisotopic (exact) mass is 603 g/mol. The summed E-state index contributed by atoms with van der Waals surface area (Å²) in [5, 5.41) is 0. The number of hydrogen-bond acceptors (Lipinski definition) is 3. The van der Waals surface area contributed by atoms with Gasteiger partial charge in [-0.1, -0.05) is 109 Å². The Hall–Kier alpha value is -5.93. The lowest BCUT2D eigenvalue weighted by Crippen LogP contribution is -1.97. The van der Waals surface area contributed by atoms with Crippen molar-refractivity contribution < 1.29 is 0 Å². The maximum Gasteiger partial charge on any atom is 0.160 e. The standard InChI is InChI=1S/C44H33N3/c1-30-41(20-11-23-45-30)37-19-10-18-35(25-37)38-26-39(36-22-21-31-12-8-9-17-34(31)24-36)28-40(27-38)44-46-42(32-13-4-2-5-14-32)29-43(47-44)33-15-6-3-7-16-33/h2-7,9-11,13-29H,8,12H2,1H3. The number of fused-ring (bicyclic) bond motifs is 1. The molecule has 0 aliphatic heterocycles. The molecule has 5 aromatic carbocycles. The first-order valence-corrected chi connectivity index (χ1v) is 16.2. The zero-order valence-corrected chi connectivity index (χ0v) is 26.3. The Morgan fingerprint density at radius 1 is 0.489 bits per heavy atom. The van der Waals surface area contributed by atoms with Crippen LogP contribution in [0.3, 0.4) is 0 Å². The van der Waals surface area contributed by atoms with E-state index in [2.05, 4.69) is 145 Å². The van der Waals surface area contributed by atoms with Crippen molar-refractivity contribution in [3.05, 3.63) is 169 Å². The maximum absolute atomic E-state index is 5.19. The predicted molar refractivity (Wildman–Crippen MR) is 195 cm³/mol. The van der Waals surface area contributed by atoms with Gasteiger partial charge in [-0.25, -0.2) is 9.97 Å². The van der Waals surface area contributed by atoms with Crippen LogP contribution in [-0.2, 0) is 6.42 Å². The molecule has 2 heterocycles. The summed E-state index contributed by atoms with van der Waals surface area (Å²) in [5.74, 6) is 0.699. The number of aromatic nitrogens is 3. The van der Waals surface area contributed by atoms with Crippen molar-refractivity contribution in [2.75, 3.05) is 0 Å². The van der Waals surface area contributed by atoms with Crippen LogP contribution in [0.5, 0.6) is 0 Å². The van der Waals surface area contributed by atoms with Gasteiger partial charge in [0, 0.05) is 34.1 Å². The first kappa shape index (κ1) is 28.5. The average Bonchev–Trinajstić information content (AvgIpc) is 3.15. The smallest absolute Gasteiger partial charge is 0.160 e. The van der Waals surface area contributed by atoms with Gasteiger partial charge in [-0.05, 0) is 101 Å². The van der Waals surface area contributed by atoms with Crippen LogP contribution < -0.4 is 0 Å². The average molecular weight is 604 g/mol. The summed E-state index contributed by atoms with van der Waals surface area (Å²) >= 11 is 0. The van der Waals surface area contributed by atoms with E-state index in [-0.39, 0.29) is 0 Å². The van der Waals surface area contributed by atoms with Gasteiger partial charge in [-0.3, -0.25) is 4.98 Å². The van der Waals surface area contributed by atoms with Crippen molar-refractivity contribution in [3.63, 3.8) is 0 Å². The summed E-state index contributed by atoms with van der Waals surface area (Å²) in [6, 6.07) is 49.3. The molecule has 0 radical (unpaired) electrons. The molecule has 0 amide bonds. The van der Waals surface area contributed by atoms with Gasteiger partial charge in [0.2, 0.25) is 0 Å². The van der Waals surface area contributed by atoms with E-state index in [1.165, 1.54) is 16.7 Å². The molecule has 0 atom stereocenters. The highest BCUT2D eigenvalue weighted by Gasteiger charge is 2.15. The molecule has 0 saturated heterocycles. The van der Waals surface area contributed by atoms with Crippen molar-refractivity contribution in [2.45, 2.75) is 19.8 Å². The van der Waals surface area contributed by atoms with Gasteiger partial charge in [0.25, 0.3) is 0 Å². The number of benzene rings is 5. The maximum atomic E-state index is 5.19. The second kappa shape index (κ2) is 12.5. The van der Waals surface area contributed by atoms with Gasteiger partial charge in [-0.2, -0.15) is 0 Å². The molecule has 224 valence electrons. The molecule has 0 unspecified atom stereocenters. The van der Waals surface area contributed by atoms with Gasteiger partial charge >= 0.3 is 0 Å². The number of allylic oxidation sites excluding steroid dienone is 1. The number of rotatable bonds is 6. The number of nitrogens with zero attached hydrogens (tertiary/aromatic N) is 3. The molecule has 2 aromatic heterocycles. The molecular formula is C44H33N3. The Bertz CT molecular complexity index is 2190. The van der Waals surface area contributed by atoms with Crippen LogP contribution in [0.1, 0.15) is 23.2 Å². The van der Waals surface area contributed by atoms with Gasteiger partial charge < -0.3 is 0 Å². The minimum Gasteiger partial charge on any atom is -0.261 e. The Labute approximate surface area is 276 Å². The lowest BCUT2D eigenvalue weighted by atomic mass is 9.90. The second-order valence-corrected chi connectivity index (χ2v) is 12.1. The lowest BCUT2D eigenvalue weighted by molar-refractivity contribution is 0.986. The summed E-state index contributed by atoms with van der Waals surface area (Å²) in [5.41, 5.74) is 15.5. The number of hydrogen-bond donors (Lipinski definition) is 0. The molecule has 0 spiro atoms. The third kappa shape index (κ3) is 5.92. The summed E-state index contributed by atoms with van der Waals surface area (Å²) in [7, 11) is 0. The quantitative estimate of drug-likeness (QED) is 0.190. The van der Waals surface area contributed by atoms with E-state index in [1.807, 2.05) is 24.4 Å². The fourth-order valence-corrected chi connectivity index (χ4v) is 6.44. The highest BCUT2D eigenvalue weighted by atomic mass is 14.9. The van der Waals surface area contributed by atoms with Crippen molar-refractivity contribution in [3.8, 4) is 67.3 Å². The first-order chi connectivity index (χ1) is 23.2.